The number of rotatable bonds is 5. The zero-order valence-electron chi connectivity index (χ0n) is 13.5. The van der Waals surface area contributed by atoms with Gasteiger partial charge < -0.3 is 10.4 Å². The second-order valence-corrected chi connectivity index (χ2v) is 7.17. The molecule has 2 unspecified atom stereocenters. The SMILES string of the molecule is CC(C)C(O)C(C)(C)CNC1CCCc2c1cnn2C. The van der Waals surface area contributed by atoms with Crippen LogP contribution in [0.2, 0.25) is 0 Å². The molecule has 0 saturated carbocycles. The first-order chi connectivity index (χ1) is 9.33. The van der Waals surface area contributed by atoms with E-state index in [1.165, 1.54) is 17.7 Å². The van der Waals surface area contributed by atoms with Crippen LogP contribution < -0.4 is 5.32 Å². The average Bonchev–Trinajstić information content (AvgIpc) is 2.78. The number of aromatic nitrogens is 2. The van der Waals surface area contributed by atoms with E-state index < -0.39 is 0 Å². The van der Waals surface area contributed by atoms with Gasteiger partial charge in [-0.1, -0.05) is 27.7 Å². The topological polar surface area (TPSA) is 50.1 Å². The van der Waals surface area contributed by atoms with Crippen molar-refractivity contribution in [3.63, 3.8) is 0 Å². The minimum absolute atomic E-state index is 0.117. The Hall–Kier alpha value is -0.870. The van der Waals surface area contributed by atoms with Gasteiger partial charge in [0.05, 0.1) is 12.3 Å². The van der Waals surface area contributed by atoms with E-state index in [1.54, 1.807) is 0 Å². The summed E-state index contributed by atoms with van der Waals surface area (Å²) in [6.07, 6.45) is 5.20. The van der Waals surface area contributed by atoms with Gasteiger partial charge in [-0.2, -0.15) is 5.10 Å². The Bertz CT molecular complexity index is 451. The summed E-state index contributed by atoms with van der Waals surface area (Å²) in [6, 6.07) is 0.381. The average molecular weight is 279 g/mol. The van der Waals surface area contributed by atoms with Gasteiger partial charge in [0, 0.05) is 36.3 Å². The number of nitrogens with zero attached hydrogens (tertiary/aromatic N) is 2. The third-order valence-electron chi connectivity index (χ3n) is 4.61. The fraction of sp³-hybridized carbons (Fsp3) is 0.812. The van der Waals surface area contributed by atoms with Gasteiger partial charge in [0.1, 0.15) is 0 Å². The van der Waals surface area contributed by atoms with Crippen LogP contribution in [0.25, 0.3) is 0 Å². The minimum atomic E-state index is -0.285. The monoisotopic (exact) mass is 279 g/mol. The molecule has 1 aliphatic rings. The van der Waals surface area contributed by atoms with Crippen molar-refractivity contribution in [1.29, 1.82) is 0 Å². The molecule has 1 heterocycles. The van der Waals surface area contributed by atoms with Crippen molar-refractivity contribution in [3.05, 3.63) is 17.5 Å². The zero-order chi connectivity index (χ0) is 14.9. The molecule has 0 spiro atoms. The summed E-state index contributed by atoms with van der Waals surface area (Å²) in [4.78, 5) is 0. The van der Waals surface area contributed by atoms with E-state index in [9.17, 15) is 5.11 Å². The normalized spacial score (nSPS) is 21.1. The van der Waals surface area contributed by atoms with E-state index in [1.807, 2.05) is 17.9 Å². The third kappa shape index (κ3) is 3.07. The van der Waals surface area contributed by atoms with Crippen molar-refractivity contribution in [2.75, 3.05) is 6.54 Å². The molecule has 114 valence electrons. The molecule has 0 saturated heterocycles. The summed E-state index contributed by atoms with van der Waals surface area (Å²) in [5, 5.41) is 18.4. The molecule has 4 heteroatoms. The largest absolute Gasteiger partial charge is 0.392 e. The fourth-order valence-corrected chi connectivity index (χ4v) is 3.31. The van der Waals surface area contributed by atoms with E-state index in [2.05, 4.69) is 38.1 Å². The second kappa shape index (κ2) is 5.86. The van der Waals surface area contributed by atoms with Gasteiger partial charge in [0.2, 0.25) is 0 Å². The Morgan fingerprint density at radius 3 is 2.85 bits per heavy atom. The lowest BCUT2D eigenvalue weighted by atomic mass is 9.80. The van der Waals surface area contributed by atoms with Crippen molar-refractivity contribution in [3.8, 4) is 0 Å². The van der Waals surface area contributed by atoms with Crippen molar-refractivity contribution < 1.29 is 5.11 Å². The predicted molar refractivity (Wildman–Crippen MR) is 81.5 cm³/mol. The Morgan fingerprint density at radius 2 is 2.20 bits per heavy atom. The molecule has 0 aliphatic heterocycles. The molecule has 2 atom stereocenters. The molecule has 1 aromatic heterocycles. The first-order valence-electron chi connectivity index (χ1n) is 7.75. The van der Waals surface area contributed by atoms with Crippen LogP contribution in [-0.4, -0.2) is 27.5 Å². The van der Waals surface area contributed by atoms with E-state index in [4.69, 9.17) is 0 Å². The maximum Gasteiger partial charge on any atom is 0.0626 e. The number of hydrogen-bond acceptors (Lipinski definition) is 3. The number of aliphatic hydroxyl groups excluding tert-OH is 1. The summed E-state index contributed by atoms with van der Waals surface area (Å²) in [6.45, 7) is 9.25. The molecular formula is C16H29N3O. The first kappa shape index (κ1) is 15.5. The van der Waals surface area contributed by atoms with Crippen LogP contribution in [-0.2, 0) is 13.5 Å². The highest BCUT2D eigenvalue weighted by Crippen LogP contribution is 2.31. The number of fused-ring (bicyclic) bond motifs is 1. The zero-order valence-corrected chi connectivity index (χ0v) is 13.5. The first-order valence-corrected chi connectivity index (χ1v) is 7.75. The lowest BCUT2D eigenvalue weighted by Crippen LogP contribution is -2.43. The lowest BCUT2D eigenvalue weighted by molar-refractivity contribution is 0.0118. The van der Waals surface area contributed by atoms with Crippen molar-refractivity contribution in [2.24, 2.45) is 18.4 Å². The van der Waals surface area contributed by atoms with Gasteiger partial charge in [-0.25, -0.2) is 0 Å². The summed E-state index contributed by atoms with van der Waals surface area (Å²) >= 11 is 0. The molecule has 20 heavy (non-hydrogen) atoms. The van der Waals surface area contributed by atoms with Crippen molar-refractivity contribution in [1.82, 2.24) is 15.1 Å². The number of hydrogen-bond donors (Lipinski definition) is 2. The van der Waals surface area contributed by atoms with Gasteiger partial charge in [0.15, 0.2) is 0 Å². The fourth-order valence-electron chi connectivity index (χ4n) is 3.31. The predicted octanol–water partition coefficient (Wildman–Crippen LogP) is 2.43. The summed E-state index contributed by atoms with van der Waals surface area (Å²) in [5.41, 5.74) is 2.58. The van der Waals surface area contributed by atoms with Crippen LogP contribution in [0.15, 0.2) is 6.20 Å². The summed E-state index contributed by atoms with van der Waals surface area (Å²) < 4.78 is 2.00. The maximum absolute atomic E-state index is 10.3. The molecule has 4 nitrogen and oxygen atoms in total. The Morgan fingerprint density at radius 1 is 1.50 bits per heavy atom. The van der Waals surface area contributed by atoms with E-state index in [-0.39, 0.29) is 17.4 Å². The number of nitrogens with one attached hydrogen (secondary N) is 1. The Balaban J connectivity index is 2.02. The maximum atomic E-state index is 10.3. The van der Waals surface area contributed by atoms with Crippen LogP contribution in [0.5, 0.6) is 0 Å². The smallest absolute Gasteiger partial charge is 0.0626 e. The molecule has 0 amide bonds. The van der Waals surface area contributed by atoms with Crippen molar-refractivity contribution >= 4 is 0 Å². The molecule has 1 aromatic rings. The molecule has 0 radical (unpaired) electrons. The van der Waals surface area contributed by atoms with Crippen molar-refractivity contribution in [2.45, 2.75) is 59.1 Å². The minimum Gasteiger partial charge on any atom is -0.392 e. The van der Waals surface area contributed by atoms with E-state index in [0.29, 0.717) is 6.04 Å². The highest BCUT2D eigenvalue weighted by molar-refractivity contribution is 5.24. The molecule has 0 bridgehead atoms. The highest BCUT2D eigenvalue weighted by Gasteiger charge is 2.32. The highest BCUT2D eigenvalue weighted by atomic mass is 16.3. The molecular weight excluding hydrogens is 250 g/mol. The Kier molecular flexibility index (Phi) is 4.55. The van der Waals surface area contributed by atoms with Gasteiger partial charge >= 0.3 is 0 Å². The van der Waals surface area contributed by atoms with Crippen LogP contribution in [0, 0.1) is 11.3 Å². The summed E-state index contributed by atoms with van der Waals surface area (Å²) in [5.74, 6) is 0.284. The van der Waals surface area contributed by atoms with Gasteiger partial charge in [-0.15, -0.1) is 0 Å². The van der Waals surface area contributed by atoms with E-state index >= 15 is 0 Å². The van der Waals surface area contributed by atoms with Crippen LogP contribution in [0.1, 0.15) is 57.8 Å². The molecule has 2 N–H and O–H groups in total. The van der Waals surface area contributed by atoms with Gasteiger partial charge in [-0.3, -0.25) is 4.68 Å². The molecule has 0 aromatic carbocycles. The lowest BCUT2D eigenvalue weighted by Gasteiger charge is -2.35. The second-order valence-electron chi connectivity index (χ2n) is 7.17. The van der Waals surface area contributed by atoms with Crippen LogP contribution in [0.4, 0.5) is 0 Å². The Labute approximate surface area is 122 Å². The standard InChI is InChI=1S/C16H29N3O/c1-11(2)15(20)16(3,4)10-17-13-7-6-8-14-12(13)9-18-19(14)5/h9,11,13,15,17,20H,6-8,10H2,1-5H3. The van der Waals surface area contributed by atoms with Crippen LogP contribution >= 0.6 is 0 Å². The number of aliphatic hydroxyl groups is 1. The summed E-state index contributed by atoms with van der Waals surface area (Å²) in [7, 11) is 2.02. The van der Waals surface area contributed by atoms with Gasteiger partial charge in [0.25, 0.3) is 0 Å². The number of aryl methyl sites for hydroxylation is 1. The van der Waals surface area contributed by atoms with Crippen LogP contribution in [0.3, 0.4) is 0 Å². The molecule has 2 rings (SSSR count). The van der Waals surface area contributed by atoms with E-state index in [0.717, 1.165) is 19.4 Å². The molecule has 1 aliphatic carbocycles. The third-order valence-corrected chi connectivity index (χ3v) is 4.61. The molecule has 0 fully saturated rings. The quantitative estimate of drug-likeness (QED) is 0.870. The van der Waals surface area contributed by atoms with Gasteiger partial charge in [-0.05, 0) is 25.2 Å².